The standard InChI is InChI=1S/C18H27N3O3S/c22-18(20-16-8-10-19-11-9-16)14-15-4-6-17(7-5-15)25(23,24)21-12-2-1-3-13-21/h4-7,16,19H,1-3,8-14H2,(H,20,22). The van der Waals surface area contributed by atoms with Crippen molar-refractivity contribution in [2.24, 2.45) is 0 Å². The number of hydrogen-bond acceptors (Lipinski definition) is 4. The van der Waals surface area contributed by atoms with Gasteiger partial charge in [0.1, 0.15) is 0 Å². The fourth-order valence-corrected chi connectivity index (χ4v) is 4.98. The molecule has 6 nitrogen and oxygen atoms in total. The third kappa shape index (κ3) is 4.80. The molecule has 2 heterocycles. The van der Waals surface area contributed by atoms with Gasteiger partial charge in [0.2, 0.25) is 15.9 Å². The van der Waals surface area contributed by atoms with Gasteiger partial charge in [0.25, 0.3) is 0 Å². The Morgan fingerprint density at radius 1 is 1.08 bits per heavy atom. The van der Waals surface area contributed by atoms with Gasteiger partial charge in [-0.3, -0.25) is 4.79 Å². The molecule has 0 aliphatic carbocycles. The lowest BCUT2D eigenvalue weighted by Gasteiger charge is -2.26. The summed E-state index contributed by atoms with van der Waals surface area (Å²) in [6.07, 6.45) is 5.14. The van der Waals surface area contributed by atoms with Crippen LogP contribution in [0.15, 0.2) is 29.2 Å². The van der Waals surface area contributed by atoms with Crippen LogP contribution in [-0.4, -0.2) is 50.9 Å². The first kappa shape index (κ1) is 18.4. The van der Waals surface area contributed by atoms with Crippen LogP contribution in [0.1, 0.15) is 37.7 Å². The van der Waals surface area contributed by atoms with Gasteiger partial charge in [-0.1, -0.05) is 18.6 Å². The van der Waals surface area contributed by atoms with E-state index in [1.807, 2.05) is 0 Å². The van der Waals surface area contributed by atoms with Crippen LogP contribution in [0.25, 0.3) is 0 Å². The average molecular weight is 365 g/mol. The van der Waals surface area contributed by atoms with Crippen molar-refractivity contribution in [1.29, 1.82) is 0 Å². The topological polar surface area (TPSA) is 78.5 Å². The number of amides is 1. The molecule has 138 valence electrons. The highest BCUT2D eigenvalue weighted by Gasteiger charge is 2.25. The van der Waals surface area contributed by atoms with Gasteiger partial charge >= 0.3 is 0 Å². The van der Waals surface area contributed by atoms with Crippen LogP contribution in [0.5, 0.6) is 0 Å². The van der Waals surface area contributed by atoms with E-state index in [2.05, 4.69) is 10.6 Å². The fraction of sp³-hybridized carbons (Fsp3) is 0.611. The number of rotatable bonds is 5. The highest BCUT2D eigenvalue weighted by molar-refractivity contribution is 7.89. The van der Waals surface area contributed by atoms with Crippen LogP contribution < -0.4 is 10.6 Å². The van der Waals surface area contributed by atoms with Crippen molar-refractivity contribution >= 4 is 15.9 Å². The quantitative estimate of drug-likeness (QED) is 0.824. The summed E-state index contributed by atoms with van der Waals surface area (Å²) >= 11 is 0. The summed E-state index contributed by atoms with van der Waals surface area (Å²) in [5.74, 6) is -0.00135. The fourth-order valence-electron chi connectivity index (χ4n) is 3.46. The minimum absolute atomic E-state index is 0.00135. The van der Waals surface area contributed by atoms with Crippen LogP contribution in [0.4, 0.5) is 0 Å². The highest BCUT2D eigenvalue weighted by Crippen LogP contribution is 2.21. The predicted octanol–water partition coefficient (Wildman–Crippen LogP) is 1.27. The van der Waals surface area contributed by atoms with Crippen LogP contribution in [0.2, 0.25) is 0 Å². The van der Waals surface area contributed by atoms with E-state index >= 15 is 0 Å². The van der Waals surface area contributed by atoms with Crippen molar-refractivity contribution in [2.75, 3.05) is 26.2 Å². The van der Waals surface area contributed by atoms with E-state index in [0.29, 0.717) is 18.0 Å². The summed E-state index contributed by atoms with van der Waals surface area (Å²) in [7, 11) is -3.40. The summed E-state index contributed by atoms with van der Waals surface area (Å²) in [5, 5.41) is 6.33. The zero-order valence-corrected chi connectivity index (χ0v) is 15.4. The first-order chi connectivity index (χ1) is 12.1. The summed E-state index contributed by atoms with van der Waals surface area (Å²) < 4.78 is 26.8. The maximum absolute atomic E-state index is 12.6. The minimum atomic E-state index is -3.40. The van der Waals surface area contributed by atoms with Crippen molar-refractivity contribution in [2.45, 2.75) is 49.5 Å². The Balaban J connectivity index is 1.58. The number of carbonyl (C=O) groups is 1. The van der Waals surface area contributed by atoms with Crippen LogP contribution in [0.3, 0.4) is 0 Å². The first-order valence-electron chi connectivity index (χ1n) is 9.15. The lowest BCUT2D eigenvalue weighted by Crippen LogP contribution is -2.43. The van der Waals surface area contributed by atoms with E-state index in [1.165, 1.54) is 0 Å². The van der Waals surface area contributed by atoms with Gasteiger partial charge in [-0.2, -0.15) is 4.31 Å². The Bertz CT molecular complexity index is 676. The monoisotopic (exact) mass is 365 g/mol. The van der Waals surface area contributed by atoms with Crippen LogP contribution >= 0.6 is 0 Å². The number of benzene rings is 1. The Morgan fingerprint density at radius 3 is 2.36 bits per heavy atom. The van der Waals surface area contributed by atoms with Gasteiger partial charge < -0.3 is 10.6 Å². The molecular formula is C18H27N3O3S. The summed E-state index contributed by atoms with van der Waals surface area (Å²) in [5.41, 5.74) is 0.837. The molecule has 0 saturated carbocycles. The second kappa shape index (κ2) is 8.29. The van der Waals surface area contributed by atoms with E-state index in [9.17, 15) is 13.2 Å². The molecule has 2 aliphatic heterocycles. The van der Waals surface area contributed by atoms with Crippen molar-refractivity contribution < 1.29 is 13.2 Å². The molecule has 0 spiro atoms. The van der Waals surface area contributed by atoms with Gasteiger partial charge in [-0.05, 0) is 56.5 Å². The molecule has 0 radical (unpaired) electrons. The summed E-state index contributed by atoms with van der Waals surface area (Å²) in [4.78, 5) is 12.5. The number of sulfonamides is 1. The molecule has 2 N–H and O–H groups in total. The van der Waals surface area contributed by atoms with Gasteiger partial charge in [0.15, 0.2) is 0 Å². The molecule has 0 aromatic heterocycles. The third-order valence-corrected chi connectivity index (χ3v) is 6.86. The summed E-state index contributed by atoms with van der Waals surface area (Å²) in [6, 6.07) is 6.98. The molecule has 2 aliphatic rings. The molecule has 1 aromatic rings. The Labute approximate surface area is 150 Å². The molecule has 3 rings (SSSR count). The second-order valence-corrected chi connectivity index (χ2v) is 8.82. The lowest BCUT2D eigenvalue weighted by atomic mass is 10.1. The van der Waals surface area contributed by atoms with E-state index in [4.69, 9.17) is 0 Å². The van der Waals surface area contributed by atoms with Gasteiger partial charge in [-0.15, -0.1) is 0 Å². The molecule has 1 aromatic carbocycles. The van der Waals surface area contributed by atoms with Gasteiger partial charge in [-0.25, -0.2) is 8.42 Å². The maximum atomic E-state index is 12.6. The Hall–Kier alpha value is -1.44. The zero-order chi connectivity index (χ0) is 17.7. The van der Waals surface area contributed by atoms with Crippen LogP contribution in [-0.2, 0) is 21.2 Å². The molecule has 0 atom stereocenters. The minimum Gasteiger partial charge on any atom is -0.353 e. The second-order valence-electron chi connectivity index (χ2n) is 6.88. The van der Waals surface area contributed by atoms with Crippen molar-refractivity contribution in [3.63, 3.8) is 0 Å². The molecule has 2 fully saturated rings. The first-order valence-corrected chi connectivity index (χ1v) is 10.6. The molecule has 2 saturated heterocycles. The average Bonchev–Trinajstić information content (AvgIpc) is 2.63. The number of hydrogen-bond donors (Lipinski definition) is 2. The SMILES string of the molecule is O=C(Cc1ccc(S(=O)(=O)N2CCCCC2)cc1)NC1CCNCC1. The molecule has 25 heavy (non-hydrogen) atoms. The smallest absolute Gasteiger partial charge is 0.243 e. The van der Waals surface area contributed by atoms with Crippen molar-refractivity contribution in [3.05, 3.63) is 29.8 Å². The van der Waals surface area contributed by atoms with Gasteiger partial charge in [0, 0.05) is 19.1 Å². The Morgan fingerprint density at radius 2 is 1.72 bits per heavy atom. The van der Waals surface area contributed by atoms with Gasteiger partial charge in [0.05, 0.1) is 11.3 Å². The van der Waals surface area contributed by atoms with E-state index < -0.39 is 10.0 Å². The van der Waals surface area contributed by atoms with E-state index in [0.717, 1.165) is 50.8 Å². The van der Waals surface area contributed by atoms with Crippen LogP contribution in [0, 0.1) is 0 Å². The zero-order valence-electron chi connectivity index (χ0n) is 14.5. The van der Waals surface area contributed by atoms with E-state index in [-0.39, 0.29) is 18.4 Å². The third-order valence-electron chi connectivity index (χ3n) is 4.95. The number of nitrogens with one attached hydrogen (secondary N) is 2. The molecule has 1 amide bonds. The molecule has 0 bridgehead atoms. The molecular weight excluding hydrogens is 338 g/mol. The number of nitrogens with zero attached hydrogens (tertiary/aromatic N) is 1. The molecule has 0 unspecified atom stereocenters. The number of carbonyl (C=O) groups excluding carboxylic acids is 1. The Kier molecular flexibility index (Phi) is 6.09. The predicted molar refractivity (Wildman–Crippen MR) is 96.8 cm³/mol. The van der Waals surface area contributed by atoms with Crippen molar-refractivity contribution in [1.82, 2.24) is 14.9 Å². The lowest BCUT2D eigenvalue weighted by molar-refractivity contribution is -0.121. The summed E-state index contributed by atoms with van der Waals surface area (Å²) in [6.45, 7) is 3.08. The van der Waals surface area contributed by atoms with E-state index in [1.54, 1.807) is 28.6 Å². The molecule has 7 heteroatoms. The highest BCUT2D eigenvalue weighted by atomic mass is 32.2. The number of piperidine rings is 2. The maximum Gasteiger partial charge on any atom is 0.243 e. The largest absolute Gasteiger partial charge is 0.353 e. The van der Waals surface area contributed by atoms with Crippen molar-refractivity contribution in [3.8, 4) is 0 Å². The normalized spacial score (nSPS) is 20.3.